The predicted molar refractivity (Wildman–Crippen MR) is 75.9 cm³/mol. The van der Waals surface area contributed by atoms with Crippen molar-refractivity contribution in [2.45, 2.75) is 0 Å². The first kappa shape index (κ1) is 13.6. The highest BCUT2D eigenvalue weighted by molar-refractivity contribution is 9.11. The molecule has 0 unspecified atom stereocenters. The molecule has 0 fully saturated rings. The summed E-state index contributed by atoms with van der Waals surface area (Å²) in [7, 11) is 1.32. The molecule has 0 amide bonds. The Morgan fingerprint density at radius 3 is 2.72 bits per heavy atom. The standard InChI is InChI=1S/C12H7Br2ClO3/c1-17-12(16)9-6(13)5-7(15)10(11(9)14)8-3-2-4-18-8/h2-5H,1H3. The number of hydrogen-bond acceptors (Lipinski definition) is 3. The highest BCUT2D eigenvalue weighted by atomic mass is 79.9. The molecule has 2 rings (SSSR count). The van der Waals surface area contributed by atoms with Crippen LogP contribution in [0.15, 0.2) is 37.8 Å². The van der Waals surface area contributed by atoms with Crippen LogP contribution in [0.2, 0.25) is 5.02 Å². The Kier molecular flexibility index (Phi) is 4.14. The zero-order valence-corrected chi connectivity index (χ0v) is 13.1. The molecule has 1 aromatic heterocycles. The van der Waals surface area contributed by atoms with Crippen molar-refractivity contribution in [3.05, 3.63) is 44.0 Å². The summed E-state index contributed by atoms with van der Waals surface area (Å²) in [5, 5.41) is 0.469. The van der Waals surface area contributed by atoms with E-state index >= 15 is 0 Å². The lowest BCUT2D eigenvalue weighted by atomic mass is 10.1. The van der Waals surface area contributed by atoms with E-state index in [9.17, 15) is 4.79 Å². The molecule has 2 aromatic rings. The van der Waals surface area contributed by atoms with Gasteiger partial charge in [0.2, 0.25) is 0 Å². The summed E-state index contributed by atoms with van der Waals surface area (Å²) in [5.41, 5.74) is 0.985. The third-order valence-corrected chi connectivity index (χ3v) is 4.04. The van der Waals surface area contributed by atoms with Crippen molar-refractivity contribution in [2.75, 3.05) is 7.11 Å². The molecule has 94 valence electrons. The number of carbonyl (C=O) groups is 1. The van der Waals surface area contributed by atoms with Gasteiger partial charge in [0.1, 0.15) is 5.76 Å². The van der Waals surface area contributed by atoms with Crippen LogP contribution in [0.4, 0.5) is 0 Å². The van der Waals surface area contributed by atoms with Gasteiger partial charge in [-0.1, -0.05) is 11.6 Å². The molecule has 0 radical (unpaired) electrons. The Morgan fingerprint density at radius 1 is 1.44 bits per heavy atom. The average molecular weight is 394 g/mol. The van der Waals surface area contributed by atoms with Gasteiger partial charge in [-0.05, 0) is 50.1 Å². The highest BCUT2D eigenvalue weighted by Gasteiger charge is 2.22. The molecule has 3 nitrogen and oxygen atoms in total. The lowest BCUT2D eigenvalue weighted by molar-refractivity contribution is 0.0598. The molecule has 18 heavy (non-hydrogen) atoms. The molecule has 0 saturated heterocycles. The molecule has 0 saturated carbocycles. The number of esters is 1. The van der Waals surface area contributed by atoms with E-state index in [4.69, 9.17) is 20.8 Å². The number of furan rings is 1. The summed E-state index contributed by atoms with van der Waals surface area (Å²) in [5.74, 6) is 0.114. The fraction of sp³-hybridized carbons (Fsp3) is 0.0833. The Labute approximate surface area is 125 Å². The van der Waals surface area contributed by atoms with Gasteiger partial charge in [-0.3, -0.25) is 0 Å². The zero-order valence-electron chi connectivity index (χ0n) is 9.17. The van der Waals surface area contributed by atoms with Crippen LogP contribution >= 0.6 is 43.5 Å². The van der Waals surface area contributed by atoms with Gasteiger partial charge >= 0.3 is 5.97 Å². The summed E-state index contributed by atoms with van der Waals surface area (Å²) in [6.07, 6.45) is 1.54. The van der Waals surface area contributed by atoms with E-state index in [1.165, 1.54) is 13.4 Å². The lowest BCUT2D eigenvalue weighted by Crippen LogP contribution is -2.04. The fourth-order valence-corrected chi connectivity index (χ4v) is 3.71. The molecule has 0 aliphatic rings. The SMILES string of the molecule is COC(=O)c1c(Br)cc(Cl)c(-c2ccco2)c1Br. The van der Waals surface area contributed by atoms with Gasteiger partial charge in [0.15, 0.2) is 0 Å². The van der Waals surface area contributed by atoms with Crippen molar-refractivity contribution in [3.8, 4) is 11.3 Å². The van der Waals surface area contributed by atoms with E-state index in [-0.39, 0.29) is 0 Å². The summed E-state index contributed by atoms with van der Waals surface area (Å²) in [4.78, 5) is 11.7. The molecule has 0 atom stereocenters. The van der Waals surface area contributed by atoms with E-state index in [2.05, 4.69) is 31.9 Å². The van der Waals surface area contributed by atoms with Crippen LogP contribution in [0.5, 0.6) is 0 Å². The minimum absolute atomic E-state index is 0.369. The van der Waals surface area contributed by atoms with Crippen molar-refractivity contribution in [2.24, 2.45) is 0 Å². The largest absolute Gasteiger partial charge is 0.465 e. The maximum atomic E-state index is 11.7. The highest BCUT2D eigenvalue weighted by Crippen LogP contribution is 2.41. The molecule has 0 spiro atoms. The monoisotopic (exact) mass is 392 g/mol. The van der Waals surface area contributed by atoms with Crippen LogP contribution < -0.4 is 0 Å². The summed E-state index contributed by atoms with van der Waals surface area (Å²) in [6.45, 7) is 0. The Morgan fingerprint density at radius 2 is 2.17 bits per heavy atom. The molecule has 0 aliphatic heterocycles. The molecule has 1 heterocycles. The van der Waals surface area contributed by atoms with Crippen molar-refractivity contribution in [1.29, 1.82) is 0 Å². The maximum absolute atomic E-state index is 11.7. The fourth-order valence-electron chi connectivity index (χ4n) is 1.53. The number of carbonyl (C=O) groups excluding carboxylic acids is 1. The van der Waals surface area contributed by atoms with E-state index in [0.717, 1.165) is 0 Å². The van der Waals surface area contributed by atoms with Crippen molar-refractivity contribution in [3.63, 3.8) is 0 Å². The third kappa shape index (κ3) is 2.35. The topological polar surface area (TPSA) is 39.4 Å². The van der Waals surface area contributed by atoms with Crippen molar-refractivity contribution in [1.82, 2.24) is 0 Å². The number of methoxy groups -OCH3 is 1. The summed E-state index contributed by atoms with van der Waals surface area (Å²) < 4.78 is 11.1. The first-order valence-corrected chi connectivity index (χ1v) is 6.82. The molecule has 0 N–H and O–H groups in total. The van der Waals surface area contributed by atoms with E-state index < -0.39 is 5.97 Å². The normalized spacial score (nSPS) is 10.4. The Bertz CT molecular complexity index is 594. The maximum Gasteiger partial charge on any atom is 0.340 e. The van der Waals surface area contributed by atoms with E-state index in [1.807, 2.05) is 0 Å². The number of rotatable bonds is 2. The first-order valence-electron chi connectivity index (χ1n) is 4.86. The van der Waals surface area contributed by atoms with Crippen LogP contribution in [-0.4, -0.2) is 13.1 Å². The zero-order chi connectivity index (χ0) is 13.3. The quantitative estimate of drug-likeness (QED) is 0.680. The number of hydrogen-bond donors (Lipinski definition) is 0. The van der Waals surface area contributed by atoms with Gasteiger partial charge in [-0.15, -0.1) is 0 Å². The minimum atomic E-state index is -0.460. The van der Waals surface area contributed by atoms with Crippen LogP contribution in [0.3, 0.4) is 0 Å². The van der Waals surface area contributed by atoms with Gasteiger partial charge in [-0.2, -0.15) is 0 Å². The number of halogens is 3. The van der Waals surface area contributed by atoms with Crippen LogP contribution in [0.1, 0.15) is 10.4 Å². The first-order chi connectivity index (χ1) is 8.56. The Hall–Kier alpha value is -0.780. The third-order valence-electron chi connectivity index (χ3n) is 2.33. The molecule has 0 bridgehead atoms. The molecule has 6 heteroatoms. The van der Waals surface area contributed by atoms with E-state index in [1.54, 1.807) is 18.2 Å². The second kappa shape index (κ2) is 5.47. The molecular weight excluding hydrogens is 387 g/mol. The van der Waals surface area contributed by atoms with Crippen molar-refractivity contribution < 1.29 is 13.9 Å². The molecular formula is C12H7Br2ClO3. The smallest absolute Gasteiger partial charge is 0.340 e. The molecule has 0 aliphatic carbocycles. The molecule has 1 aromatic carbocycles. The van der Waals surface area contributed by atoms with Gasteiger partial charge in [-0.25, -0.2) is 4.79 Å². The van der Waals surface area contributed by atoms with Crippen LogP contribution in [0.25, 0.3) is 11.3 Å². The summed E-state index contributed by atoms with van der Waals surface area (Å²) >= 11 is 12.8. The number of benzene rings is 1. The number of ether oxygens (including phenoxy) is 1. The average Bonchev–Trinajstić information content (AvgIpc) is 2.81. The van der Waals surface area contributed by atoms with Gasteiger partial charge in [0, 0.05) is 8.95 Å². The van der Waals surface area contributed by atoms with Crippen LogP contribution in [-0.2, 0) is 4.74 Å². The van der Waals surface area contributed by atoms with Crippen molar-refractivity contribution >= 4 is 49.4 Å². The second-order valence-corrected chi connectivity index (χ2v) is 5.43. The Balaban J connectivity index is 2.72. The predicted octanol–water partition coefficient (Wildman–Crippen LogP) is 4.91. The van der Waals surface area contributed by atoms with E-state index in [0.29, 0.717) is 30.9 Å². The van der Waals surface area contributed by atoms with Gasteiger partial charge in [0.25, 0.3) is 0 Å². The second-order valence-electron chi connectivity index (χ2n) is 3.37. The van der Waals surface area contributed by atoms with Gasteiger partial charge in [0.05, 0.1) is 29.5 Å². The minimum Gasteiger partial charge on any atom is -0.465 e. The van der Waals surface area contributed by atoms with Gasteiger partial charge < -0.3 is 9.15 Å². The lowest BCUT2D eigenvalue weighted by Gasteiger charge is -2.11. The summed E-state index contributed by atoms with van der Waals surface area (Å²) in [6, 6.07) is 5.15. The van der Waals surface area contributed by atoms with Crippen LogP contribution in [0, 0.1) is 0 Å².